The molecule has 6 nitrogen and oxygen atoms in total. The number of fused-ring (bicyclic) bond motifs is 2. The standard InChI is InChI=1S/C23H21N3O3S/c27-23-19-6-2-4-8-22(19)30(28,29)26(15-16-9-11-24-12-10-16)21(23)13-17-14-25-20-7-3-1-5-18(17)20/h1-12,14,21,23,25,27H,13,15H2/t21-,23-/m1/s1. The van der Waals surface area contributed by atoms with Crippen molar-refractivity contribution in [1.29, 1.82) is 0 Å². The molecular weight excluding hydrogens is 398 g/mol. The Morgan fingerprint density at radius 2 is 1.73 bits per heavy atom. The van der Waals surface area contributed by atoms with Crippen molar-refractivity contribution in [1.82, 2.24) is 14.3 Å². The van der Waals surface area contributed by atoms with E-state index in [0.29, 0.717) is 12.0 Å². The number of aromatic nitrogens is 2. The van der Waals surface area contributed by atoms with Gasteiger partial charge in [0.1, 0.15) is 0 Å². The molecule has 1 aliphatic heterocycles. The Kier molecular flexibility index (Phi) is 4.66. The predicted octanol–water partition coefficient (Wildman–Crippen LogP) is 3.41. The Morgan fingerprint density at radius 1 is 1.00 bits per heavy atom. The van der Waals surface area contributed by atoms with Gasteiger partial charge in [-0.2, -0.15) is 4.31 Å². The lowest BCUT2D eigenvalue weighted by atomic mass is 9.95. The van der Waals surface area contributed by atoms with Crippen LogP contribution in [-0.4, -0.2) is 33.8 Å². The maximum Gasteiger partial charge on any atom is 0.244 e. The molecular formula is C23H21N3O3S. The zero-order valence-corrected chi connectivity index (χ0v) is 17.0. The first-order chi connectivity index (χ1) is 14.6. The first-order valence-electron chi connectivity index (χ1n) is 9.78. The molecule has 0 unspecified atom stereocenters. The van der Waals surface area contributed by atoms with E-state index in [4.69, 9.17) is 0 Å². The van der Waals surface area contributed by atoms with Crippen LogP contribution in [0.3, 0.4) is 0 Å². The fraction of sp³-hybridized carbons (Fsp3) is 0.174. The first-order valence-corrected chi connectivity index (χ1v) is 11.2. The first kappa shape index (κ1) is 19.0. The molecule has 2 aromatic heterocycles. The zero-order valence-electron chi connectivity index (χ0n) is 16.1. The summed E-state index contributed by atoms with van der Waals surface area (Å²) in [7, 11) is -3.78. The second-order valence-corrected chi connectivity index (χ2v) is 9.38. The molecule has 3 heterocycles. The summed E-state index contributed by atoms with van der Waals surface area (Å²) in [6, 6.07) is 17.6. The number of aliphatic hydroxyl groups is 1. The molecule has 152 valence electrons. The summed E-state index contributed by atoms with van der Waals surface area (Å²) in [6.45, 7) is 0.170. The van der Waals surface area contributed by atoms with Crippen molar-refractivity contribution in [3.63, 3.8) is 0 Å². The van der Waals surface area contributed by atoms with Gasteiger partial charge in [-0.1, -0.05) is 36.4 Å². The van der Waals surface area contributed by atoms with Crippen LogP contribution in [0, 0.1) is 0 Å². The molecule has 1 aliphatic rings. The highest BCUT2D eigenvalue weighted by Gasteiger charge is 2.43. The van der Waals surface area contributed by atoms with Crippen molar-refractivity contribution in [3.8, 4) is 0 Å². The van der Waals surface area contributed by atoms with Gasteiger partial charge in [-0.25, -0.2) is 8.42 Å². The van der Waals surface area contributed by atoms with Crippen LogP contribution in [0.4, 0.5) is 0 Å². The van der Waals surface area contributed by atoms with Gasteiger partial charge in [-0.15, -0.1) is 0 Å². The van der Waals surface area contributed by atoms with E-state index >= 15 is 0 Å². The molecule has 0 bridgehead atoms. The van der Waals surface area contributed by atoms with Gasteiger partial charge in [0.15, 0.2) is 0 Å². The molecule has 0 fully saturated rings. The number of benzene rings is 2. The molecule has 0 radical (unpaired) electrons. The average molecular weight is 420 g/mol. The SMILES string of the molecule is O=S1(=O)c2ccccc2[C@@H](O)[C@@H](Cc2c[nH]c3ccccc23)N1Cc1ccncc1. The summed E-state index contributed by atoms with van der Waals surface area (Å²) in [5.41, 5.74) is 3.24. The van der Waals surface area contributed by atoms with Crippen LogP contribution >= 0.6 is 0 Å². The van der Waals surface area contributed by atoms with Gasteiger partial charge in [-0.05, 0) is 41.8 Å². The van der Waals surface area contributed by atoms with Crippen LogP contribution in [0.25, 0.3) is 10.9 Å². The van der Waals surface area contributed by atoms with E-state index in [1.54, 1.807) is 48.8 Å². The molecule has 0 aliphatic carbocycles. The molecule has 4 aromatic rings. The summed E-state index contributed by atoms with van der Waals surface area (Å²) in [5, 5.41) is 12.3. The maximum atomic E-state index is 13.5. The average Bonchev–Trinajstić information content (AvgIpc) is 3.18. The van der Waals surface area contributed by atoms with Crippen molar-refractivity contribution in [2.45, 2.75) is 30.0 Å². The lowest BCUT2D eigenvalue weighted by Gasteiger charge is -2.39. The van der Waals surface area contributed by atoms with Crippen molar-refractivity contribution in [2.24, 2.45) is 0 Å². The Morgan fingerprint density at radius 3 is 2.57 bits per heavy atom. The minimum Gasteiger partial charge on any atom is -0.387 e. The summed E-state index contributed by atoms with van der Waals surface area (Å²) >= 11 is 0. The van der Waals surface area contributed by atoms with E-state index in [-0.39, 0.29) is 11.4 Å². The Bertz CT molecular complexity index is 1300. The molecule has 0 spiro atoms. The van der Waals surface area contributed by atoms with Gasteiger partial charge in [0.25, 0.3) is 0 Å². The number of aromatic amines is 1. The van der Waals surface area contributed by atoms with Gasteiger partial charge in [-0.3, -0.25) is 4.98 Å². The number of hydrogen-bond donors (Lipinski definition) is 2. The van der Waals surface area contributed by atoms with Crippen LogP contribution < -0.4 is 0 Å². The van der Waals surface area contributed by atoms with Crippen molar-refractivity contribution < 1.29 is 13.5 Å². The summed E-state index contributed by atoms with van der Waals surface area (Å²) in [5.74, 6) is 0. The minimum absolute atomic E-state index is 0.168. The van der Waals surface area contributed by atoms with E-state index in [2.05, 4.69) is 9.97 Å². The minimum atomic E-state index is -3.78. The van der Waals surface area contributed by atoms with E-state index in [0.717, 1.165) is 22.0 Å². The Hall–Kier alpha value is -3.00. The van der Waals surface area contributed by atoms with Crippen LogP contribution in [0.1, 0.15) is 22.8 Å². The van der Waals surface area contributed by atoms with Gasteiger partial charge in [0, 0.05) is 41.6 Å². The highest BCUT2D eigenvalue weighted by atomic mass is 32.2. The van der Waals surface area contributed by atoms with E-state index in [9.17, 15) is 13.5 Å². The molecule has 7 heteroatoms. The second kappa shape index (κ2) is 7.36. The summed E-state index contributed by atoms with van der Waals surface area (Å²) in [6.07, 6.45) is 4.65. The molecule has 5 rings (SSSR count). The van der Waals surface area contributed by atoms with Gasteiger partial charge < -0.3 is 10.1 Å². The van der Waals surface area contributed by atoms with Gasteiger partial charge in [0.05, 0.1) is 17.0 Å². The van der Waals surface area contributed by atoms with Gasteiger partial charge >= 0.3 is 0 Å². The normalized spacial score (nSPS) is 20.8. The van der Waals surface area contributed by atoms with Crippen molar-refractivity contribution >= 4 is 20.9 Å². The Labute approximate surface area is 174 Å². The molecule has 0 saturated carbocycles. The van der Waals surface area contributed by atoms with Crippen molar-refractivity contribution in [2.75, 3.05) is 0 Å². The summed E-state index contributed by atoms with van der Waals surface area (Å²) < 4.78 is 28.5. The molecule has 2 aromatic carbocycles. The van der Waals surface area contributed by atoms with E-state index in [1.807, 2.05) is 30.5 Å². The van der Waals surface area contributed by atoms with Crippen LogP contribution in [-0.2, 0) is 23.0 Å². The fourth-order valence-electron chi connectivity index (χ4n) is 4.24. The number of nitrogens with one attached hydrogen (secondary N) is 1. The fourth-order valence-corrected chi connectivity index (χ4v) is 6.09. The summed E-state index contributed by atoms with van der Waals surface area (Å²) in [4.78, 5) is 7.43. The molecule has 2 N–H and O–H groups in total. The molecule has 0 amide bonds. The zero-order chi connectivity index (χ0) is 20.7. The number of pyridine rings is 1. The monoisotopic (exact) mass is 419 g/mol. The van der Waals surface area contributed by atoms with Gasteiger partial charge in [0.2, 0.25) is 10.0 Å². The number of para-hydroxylation sites is 1. The number of H-pyrrole nitrogens is 1. The maximum absolute atomic E-state index is 13.5. The largest absolute Gasteiger partial charge is 0.387 e. The number of nitrogens with zero attached hydrogens (tertiary/aromatic N) is 2. The lowest BCUT2D eigenvalue weighted by molar-refractivity contribution is 0.0771. The molecule has 30 heavy (non-hydrogen) atoms. The number of rotatable bonds is 4. The molecule has 2 atom stereocenters. The number of hydrogen-bond acceptors (Lipinski definition) is 4. The smallest absolute Gasteiger partial charge is 0.244 e. The number of sulfonamides is 1. The van der Waals surface area contributed by atoms with Crippen LogP contribution in [0.15, 0.2) is 84.1 Å². The predicted molar refractivity (Wildman–Crippen MR) is 114 cm³/mol. The van der Waals surface area contributed by atoms with Crippen LogP contribution in [0.2, 0.25) is 0 Å². The third-order valence-electron chi connectivity index (χ3n) is 5.75. The third-order valence-corrected chi connectivity index (χ3v) is 7.70. The van der Waals surface area contributed by atoms with E-state index < -0.39 is 22.2 Å². The highest BCUT2D eigenvalue weighted by molar-refractivity contribution is 7.89. The van der Waals surface area contributed by atoms with Crippen LogP contribution in [0.5, 0.6) is 0 Å². The van der Waals surface area contributed by atoms with Crippen molar-refractivity contribution in [3.05, 3.63) is 95.9 Å². The topological polar surface area (TPSA) is 86.3 Å². The lowest BCUT2D eigenvalue weighted by Crippen LogP contribution is -2.48. The van der Waals surface area contributed by atoms with E-state index in [1.165, 1.54) is 4.31 Å². The Balaban J connectivity index is 1.62. The quantitative estimate of drug-likeness (QED) is 0.531. The number of aliphatic hydroxyl groups excluding tert-OH is 1. The second-order valence-electron chi connectivity index (χ2n) is 7.52. The highest BCUT2D eigenvalue weighted by Crippen LogP contribution is 2.39. The third kappa shape index (κ3) is 3.11. The molecule has 0 saturated heterocycles.